The zero-order chi connectivity index (χ0) is 11.1. The van der Waals surface area contributed by atoms with Gasteiger partial charge in [0.1, 0.15) is 6.54 Å². The van der Waals surface area contributed by atoms with E-state index in [0.29, 0.717) is 6.61 Å². The molecule has 0 aliphatic carbocycles. The van der Waals surface area contributed by atoms with E-state index < -0.39 is 0 Å². The van der Waals surface area contributed by atoms with Crippen molar-refractivity contribution < 1.29 is 9.53 Å². The highest BCUT2D eigenvalue weighted by Gasteiger charge is 2.27. The Labute approximate surface area is 89.8 Å². The molecule has 1 heterocycles. The maximum absolute atomic E-state index is 11.2. The molecule has 0 saturated carbocycles. The predicted molar refractivity (Wildman–Crippen MR) is 55.1 cm³/mol. The molecule has 1 saturated heterocycles. The summed E-state index contributed by atoms with van der Waals surface area (Å²) in [6.45, 7) is 3.79. The van der Waals surface area contributed by atoms with Gasteiger partial charge in [0.2, 0.25) is 5.91 Å². The van der Waals surface area contributed by atoms with Gasteiger partial charge in [0, 0.05) is 12.1 Å². The average molecular weight is 211 g/mol. The Hall–Kier alpha value is -1.12. The number of rotatable bonds is 4. The summed E-state index contributed by atoms with van der Waals surface area (Å²) < 4.78 is 5.35. The monoisotopic (exact) mass is 211 g/mol. The molecule has 0 aromatic heterocycles. The molecular weight excluding hydrogens is 194 g/mol. The summed E-state index contributed by atoms with van der Waals surface area (Å²) in [4.78, 5) is 11.2. The van der Waals surface area contributed by atoms with Crippen LogP contribution in [0.1, 0.15) is 19.8 Å². The number of carbonyl (C=O) groups is 1. The van der Waals surface area contributed by atoms with E-state index in [9.17, 15) is 4.79 Å². The van der Waals surface area contributed by atoms with E-state index in [-0.39, 0.29) is 24.5 Å². The lowest BCUT2D eigenvalue weighted by atomic mass is 9.95. The highest BCUT2D eigenvalue weighted by Crippen LogP contribution is 2.17. The summed E-state index contributed by atoms with van der Waals surface area (Å²) in [5, 5.41) is 13.9. The maximum atomic E-state index is 11.2. The molecule has 1 aliphatic rings. The molecule has 0 spiro atoms. The van der Waals surface area contributed by atoms with Gasteiger partial charge in [-0.2, -0.15) is 5.26 Å². The second kappa shape index (κ2) is 5.69. The van der Waals surface area contributed by atoms with E-state index in [0.717, 1.165) is 19.4 Å². The Kier molecular flexibility index (Phi) is 4.53. The summed E-state index contributed by atoms with van der Waals surface area (Å²) >= 11 is 0. The van der Waals surface area contributed by atoms with Gasteiger partial charge >= 0.3 is 0 Å². The van der Waals surface area contributed by atoms with Crippen molar-refractivity contribution in [3.8, 4) is 6.07 Å². The van der Waals surface area contributed by atoms with E-state index in [2.05, 4.69) is 10.6 Å². The van der Waals surface area contributed by atoms with Gasteiger partial charge in [0.05, 0.1) is 19.2 Å². The smallest absolute Gasteiger partial charge is 0.234 e. The summed E-state index contributed by atoms with van der Waals surface area (Å²) in [5.41, 5.74) is -0.109. The topological polar surface area (TPSA) is 74.2 Å². The normalized spacial score (nSPS) is 25.6. The Bertz CT molecular complexity index is 254. The largest absolute Gasteiger partial charge is 0.380 e. The molecule has 1 atom stereocenters. The molecule has 1 rings (SSSR count). The van der Waals surface area contributed by atoms with E-state index in [1.165, 1.54) is 0 Å². The van der Waals surface area contributed by atoms with Crippen LogP contribution in [0.5, 0.6) is 0 Å². The van der Waals surface area contributed by atoms with Crippen molar-refractivity contribution in [2.45, 2.75) is 25.3 Å². The van der Waals surface area contributed by atoms with Gasteiger partial charge in [-0.1, -0.05) is 0 Å². The molecule has 15 heavy (non-hydrogen) atoms. The van der Waals surface area contributed by atoms with Gasteiger partial charge in [-0.25, -0.2) is 0 Å². The number of nitrogens with one attached hydrogen (secondary N) is 2. The van der Waals surface area contributed by atoms with Gasteiger partial charge in [-0.05, 0) is 19.8 Å². The van der Waals surface area contributed by atoms with Crippen LogP contribution in [0.4, 0.5) is 0 Å². The zero-order valence-electron chi connectivity index (χ0n) is 9.01. The molecular formula is C10H17N3O2. The minimum atomic E-state index is -0.150. The third kappa shape index (κ3) is 4.28. The summed E-state index contributed by atoms with van der Waals surface area (Å²) in [6, 6.07) is 1.86. The Balaban J connectivity index is 2.23. The van der Waals surface area contributed by atoms with Crippen molar-refractivity contribution in [2.24, 2.45) is 0 Å². The first-order chi connectivity index (χ1) is 7.16. The third-order valence-electron chi connectivity index (χ3n) is 2.48. The van der Waals surface area contributed by atoms with Crippen molar-refractivity contribution in [1.82, 2.24) is 10.6 Å². The van der Waals surface area contributed by atoms with Crippen LogP contribution in [0, 0.1) is 11.3 Å². The number of carbonyl (C=O) groups excluding carboxylic acids is 1. The van der Waals surface area contributed by atoms with Gasteiger partial charge < -0.3 is 15.4 Å². The lowest BCUT2D eigenvalue weighted by Crippen LogP contribution is -2.52. The van der Waals surface area contributed by atoms with Crippen molar-refractivity contribution in [2.75, 3.05) is 26.3 Å². The van der Waals surface area contributed by atoms with E-state index >= 15 is 0 Å². The summed E-state index contributed by atoms with van der Waals surface area (Å²) in [5.74, 6) is -0.150. The van der Waals surface area contributed by atoms with E-state index in [1.807, 2.05) is 13.0 Å². The molecule has 1 unspecified atom stereocenters. The first-order valence-electron chi connectivity index (χ1n) is 5.13. The molecule has 84 valence electrons. The summed E-state index contributed by atoms with van der Waals surface area (Å²) in [7, 11) is 0. The number of hydrogen-bond acceptors (Lipinski definition) is 4. The highest BCUT2D eigenvalue weighted by atomic mass is 16.5. The molecule has 2 N–H and O–H groups in total. The Morgan fingerprint density at radius 1 is 1.67 bits per heavy atom. The van der Waals surface area contributed by atoms with Crippen molar-refractivity contribution in [3.05, 3.63) is 0 Å². The molecule has 1 fully saturated rings. The van der Waals surface area contributed by atoms with E-state index in [1.54, 1.807) is 0 Å². The fraction of sp³-hybridized carbons (Fsp3) is 0.800. The molecule has 1 amide bonds. The minimum Gasteiger partial charge on any atom is -0.380 e. The highest BCUT2D eigenvalue weighted by molar-refractivity contribution is 5.78. The lowest BCUT2D eigenvalue weighted by Gasteiger charge is -2.34. The first kappa shape index (κ1) is 12.0. The number of ether oxygens (including phenoxy) is 1. The standard InChI is InChI=1S/C10H17N3O2/c1-10(3-2-6-15-8-10)13-7-9(14)12-5-4-11/h13H,2-3,5-8H2,1H3,(H,12,14). The first-order valence-corrected chi connectivity index (χ1v) is 5.13. The van der Waals surface area contributed by atoms with Crippen LogP contribution in [0.3, 0.4) is 0 Å². The molecule has 0 radical (unpaired) electrons. The van der Waals surface area contributed by atoms with Crippen LogP contribution >= 0.6 is 0 Å². The SMILES string of the molecule is CC1(NCC(=O)NCC#N)CCCOC1. The quantitative estimate of drug-likeness (QED) is 0.631. The van der Waals surface area contributed by atoms with Crippen LogP contribution < -0.4 is 10.6 Å². The minimum absolute atomic E-state index is 0.0632. The van der Waals surface area contributed by atoms with Crippen LogP contribution in [-0.2, 0) is 9.53 Å². The van der Waals surface area contributed by atoms with Crippen LogP contribution in [0.15, 0.2) is 0 Å². The maximum Gasteiger partial charge on any atom is 0.234 e. The number of nitrogens with zero attached hydrogens (tertiary/aromatic N) is 1. The van der Waals surface area contributed by atoms with Crippen molar-refractivity contribution in [1.29, 1.82) is 5.26 Å². The van der Waals surface area contributed by atoms with Crippen molar-refractivity contribution in [3.63, 3.8) is 0 Å². The number of amides is 1. The number of nitriles is 1. The van der Waals surface area contributed by atoms with Gasteiger partial charge in [0.15, 0.2) is 0 Å². The number of hydrogen-bond donors (Lipinski definition) is 2. The van der Waals surface area contributed by atoms with E-state index in [4.69, 9.17) is 10.00 Å². The molecule has 5 nitrogen and oxygen atoms in total. The fourth-order valence-corrected chi connectivity index (χ4v) is 1.57. The van der Waals surface area contributed by atoms with Gasteiger partial charge in [-0.3, -0.25) is 4.79 Å². The predicted octanol–water partition coefficient (Wildman–Crippen LogP) is -0.215. The Morgan fingerprint density at radius 3 is 3.07 bits per heavy atom. The molecule has 1 aliphatic heterocycles. The Morgan fingerprint density at radius 2 is 2.47 bits per heavy atom. The second-order valence-corrected chi connectivity index (χ2v) is 4.01. The van der Waals surface area contributed by atoms with Crippen LogP contribution in [-0.4, -0.2) is 37.7 Å². The molecule has 0 bridgehead atoms. The molecule has 0 aromatic carbocycles. The summed E-state index contributed by atoms with van der Waals surface area (Å²) in [6.07, 6.45) is 2.03. The van der Waals surface area contributed by atoms with Crippen LogP contribution in [0.25, 0.3) is 0 Å². The zero-order valence-corrected chi connectivity index (χ0v) is 9.01. The van der Waals surface area contributed by atoms with Crippen LogP contribution in [0.2, 0.25) is 0 Å². The second-order valence-electron chi connectivity index (χ2n) is 4.01. The van der Waals surface area contributed by atoms with Gasteiger partial charge in [0.25, 0.3) is 0 Å². The third-order valence-corrected chi connectivity index (χ3v) is 2.48. The van der Waals surface area contributed by atoms with Gasteiger partial charge in [-0.15, -0.1) is 0 Å². The van der Waals surface area contributed by atoms with Crippen molar-refractivity contribution >= 4 is 5.91 Å². The molecule has 0 aromatic rings. The lowest BCUT2D eigenvalue weighted by molar-refractivity contribution is -0.120. The molecule has 5 heteroatoms. The average Bonchev–Trinajstić information content (AvgIpc) is 2.25. The fourth-order valence-electron chi connectivity index (χ4n) is 1.57.